The van der Waals surface area contributed by atoms with Crippen LogP contribution in [0.2, 0.25) is 5.02 Å². The normalized spacial score (nSPS) is 11.9. The first kappa shape index (κ1) is 18.2. The Morgan fingerprint density at radius 1 is 1.36 bits per heavy atom. The lowest BCUT2D eigenvalue weighted by molar-refractivity contribution is -0.122. The highest BCUT2D eigenvalue weighted by Crippen LogP contribution is 2.29. The quantitative estimate of drug-likeness (QED) is 0.440. The van der Waals surface area contributed by atoms with Crippen LogP contribution in [0.5, 0.6) is 5.75 Å². The molecule has 5 nitrogen and oxygen atoms in total. The fourth-order valence-electron chi connectivity index (χ4n) is 1.85. The number of aromatic nitrogens is 2. The van der Waals surface area contributed by atoms with Crippen LogP contribution in [0.25, 0.3) is 0 Å². The molecule has 0 saturated carbocycles. The fourth-order valence-corrected chi connectivity index (χ4v) is 4.56. The van der Waals surface area contributed by atoms with Crippen molar-refractivity contribution in [1.82, 2.24) is 10.2 Å². The van der Waals surface area contributed by atoms with Crippen molar-refractivity contribution in [3.05, 3.63) is 51.7 Å². The minimum atomic E-state index is -0.676. The number of hydrogen-bond donors (Lipinski definition) is 1. The molecule has 0 bridgehead atoms. The van der Waals surface area contributed by atoms with E-state index < -0.39 is 6.10 Å². The summed E-state index contributed by atoms with van der Waals surface area (Å²) in [5.74, 6) is 1.10. The van der Waals surface area contributed by atoms with Crippen molar-refractivity contribution in [1.29, 1.82) is 0 Å². The van der Waals surface area contributed by atoms with Crippen LogP contribution < -0.4 is 10.1 Å². The molecule has 0 radical (unpaired) electrons. The van der Waals surface area contributed by atoms with E-state index in [1.807, 2.05) is 11.4 Å². The second-order valence-electron chi connectivity index (χ2n) is 4.95. The number of carbonyl (C=O) groups is 1. The zero-order valence-corrected chi connectivity index (χ0v) is 16.3. The van der Waals surface area contributed by atoms with Crippen LogP contribution in [0.3, 0.4) is 0 Å². The summed E-state index contributed by atoms with van der Waals surface area (Å²) in [5, 5.41) is 13.9. The van der Waals surface area contributed by atoms with Crippen molar-refractivity contribution in [2.75, 3.05) is 5.32 Å². The van der Waals surface area contributed by atoms with Gasteiger partial charge in [0.25, 0.3) is 5.91 Å². The van der Waals surface area contributed by atoms with E-state index in [0.29, 0.717) is 15.9 Å². The highest BCUT2D eigenvalue weighted by molar-refractivity contribution is 8.00. The van der Waals surface area contributed by atoms with E-state index in [-0.39, 0.29) is 5.91 Å². The van der Waals surface area contributed by atoms with Crippen LogP contribution in [-0.2, 0) is 10.5 Å². The lowest BCUT2D eigenvalue weighted by atomic mass is 10.3. The molecule has 0 aliphatic rings. The maximum absolute atomic E-state index is 12.2. The topological polar surface area (TPSA) is 64.1 Å². The third-order valence-corrected chi connectivity index (χ3v) is 6.35. The van der Waals surface area contributed by atoms with E-state index in [1.54, 1.807) is 54.3 Å². The number of nitrogens with one attached hydrogen (secondary N) is 1. The molecule has 25 heavy (non-hydrogen) atoms. The van der Waals surface area contributed by atoms with Gasteiger partial charge in [-0.3, -0.25) is 10.1 Å². The van der Waals surface area contributed by atoms with E-state index in [0.717, 1.165) is 10.1 Å². The zero-order valence-electron chi connectivity index (χ0n) is 13.1. The number of thiophene rings is 1. The van der Waals surface area contributed by atoms with Gasteiger partial charge >= 0.3 is 0 Å². The molecule has 3 aromatic rings. The molecular formula is C16H14ClN3O2S3. The van der Waals surface area contributed by atoms with Gasteiger partial charge in [-0.15, -0.1) is 21.5 Å². The molecule has 1 amide bonds. The highest BCUT2D eigenvalue weighted by Gasteiger charge is 2.17. The zero-order chi connectivity index (χ0) is 17.6. The molecule has 0 fully saturated rings. The van der Waals surface area contributed by atoms with Crippen molar-refractivity contribution in [2.24, 2.45) is 0 Å². The minimum absolute atomic E-state index is 0.286. The Hall–Kier alpha value is -1.61. The van der Waals surface area contributed by atoms with Gasteiger partial charge < -0.3 is 4.74 Å². The molecule has 0 spiro atoms. The van der Waals surface area contributed by atoms with Gasteiger partial charge in [0, 0.05) is 15.7 Å². The predicted octanol–water partition coefficient (Wildman–Crippen LogP) is 4.95. The van der Waals surface area contributed by atoms with Crippen LogP contribution in [0, 0.1) is 0 Å². The molecule has 130 valence electrons. The standard InChI is InChI=1S/C16H14ClN3O2S3/c1-10(22-12-5-2-4-11(17)8-12)14(21)18-15-19-20-16(25-15)24-9-13-6-3-7-23-13/h2-8,10H,9H2,1H3,(H,18,19,21). The van der Waals surface area contributed by atoms with E-state index in [4.69, 9.17) is 16.3 Å². The number of carbonyl (C=O) groups excluding carboxylic acids is 1. The van der Waals surface area contributed by atoms with Crippen molar-refractivity contribution < 1.29 is 9.53 Å². The van der Waals surface area contributed by atoms with Crippen molar-refractivity contribution in [3.8, 4) is 5.75 Å². The molecule has 0 saturated heterocycles. The first-order valence-corrected chi connectivity index (χ1v) is 10.4. The van der Waals surface area contributed by atoms with Crippen LogP contribution in [0.15, 0.2) is 46.1 Å². The summed E-state index contributed by atoms with van der Waals surface area (Å²) < 4.78 is 6.40. The van der Waals surface area contributed by atoms with Crippen LogP contribution in [0.1, 0.15) is 11.8 Å². The second-order valence-corrected chi connectivity index (χ2v) is 8.62. The molecule has 2 aromatic heterocycles. The molecule has 1 N–H and O–H groups in total. The Morgan fingerprint density at radius 3 is 3.00 bits per heavy atom. The Bertz CT molecular complexity index is 839. The Kier molecular flexibility index (Phi) is 6.30. The molecular weight excluding hydrogens is 398 g/mol. The van der Waals surface area contributed by atoms with Crippen LogP contribution in [0.4, 0.5) is 5.13 Å². The number of anilines is 1. The summed E-state index contributed by atoms with van der Waals surface area (Å²) in [6.45, 7) is 1.67. The Labute approximate surface area is 162 Å². The number of benzene rings is 1. The lowest BCUT2D eigenvalue weighted by Crippen LogP contribution is -2.30. The van der Waals surface area contributed by atoms with Crippen molar-refractivity contribution >= 4 is 57.1 Å². The van der Waals surface area contributed by atoms with E-state index >= 15 is 0 Å². The summed E-state index contributed by atoms with van der Waals surface area (Å²) in [6.07, 6.45) is -0.676. The van der Waals surface area contributed by atoms with Gasteiger partial charge in [0.2, 0.25) is 5.13 Å². The van der Waals surface area contributed by atoms with E-state index in [2.05, 4.69) is 21.6 Å². The number of halogens is 1. The van der Waals surface area contributed by atoms with Gasteiger partial charge in [-0.1, -0.05) is 46.8 Å². The average molecular weight is 412 g/mol. The molecule has 3 rings (SSSR count). The van der Waals surface area contributed by atoms with Gasteiger partial charge in [-0.25, -0.2) is 0 Å². The summed E-state index contributed by atoms with van der Waals surface area (Å²) in [5.41, 5.74) is 0. The lowest BCUT2D eigenvalue weighted by Gasteiger charge is -2.13. The van der Waals surface area contributed by atoms with E-state index in [1.165, 1.54) is 16.2 Å². The maximum atomic E-state index is 12.2. The third kappa shape index (κ3) is 5.43. The molecule has 1 unspecified atom stereocenters. The number of ether oxygens (including phenoxy) is 1. The molecule has 1 aromatic carbocycles. The SMILES string of the molecule is CC(Oc1cccc(Cl)c1)C(=O)Nc1nnc(SCc2cccs2)s1. The van der Waals surface area contributed by atoms with Gasteiger partial charge in [-0.05, 0) is 36.6 Å². The monoisotopic (exact) mass is 411 g/mol. The van der Waals surface area contributed by atoms with Crippen molar-refractivity contribution in [3.63, 3.8) is 0 Å². The summed E-state index contributed by atoms with van der Waals surface area (Å²) in [6, 6.07) is 11.0. The van der Waals surface area contributed by atoms with E-state index in [9.17, 15) is 4.79 Å². The maximum Gasteiger partial charge on any atom is 0.266 e. The molecule has 1 atom stereocenters. The van der Waals surface area contributed by atoms with Crippen molar-refractivity contribution in [2.45, 2.75) is 23.1 Å². The minimum Gasteiger partial charge on any atom is -0.481 e. The number of amides is 1. The smallest absolute Gasteiger partial charge is 0.266 e. The van der Waals surface area contributed by atoms with Crippen LogP contribution >= 0.6 is 46.0 Å². The average Bonchev–Trinajstić information content (AvgIpc) is 3.24. The summed E-state index contributed by atoms with van der Waals surface area (Å²) in [7, 11) is 0. The Balaban J connectivity index is 1.52. The summed E-state index contributed by atoms with van der Waals surface area (Å²) in [4.78, 5) is 13.5. The number of rotatable bonds is 7. The largest absolute Gasteiger partial charge is 0.481 e. The first-order valence-electron chi connectivity index (χ1n) is 7.32. The second kappa shape index (κ2) is 8.66. The highest BCUT2D eigenvalue weighted by atomic mass is 35.5. The van der Waals surface area contributed by atoms with Gasteiger partial charge in [0.15, 0.2) is 10.4 Å². The fraction of sp³-hybridized carbons (Fsp3) is 0.188. The Morgan fingerprint density at radius 2 is 2.24 bits per heavy atom. The third-order valence-electron chi connectivity index (χ3n) is 3.03. The van der Waals surface area contributed by atoms with Crippen LogP contribution in [-0.4, -0.2) is 22.2 Å². The number of nitrogens with zero attached hydrogens (tertiary/aromatic N) is 2. The van der Waals surface area contributed by atoms with Gasteiger partial charge in [0.05, 0.1) is 0 Å². The predicted molar refractivity (Wildman–Crippen MR) is 104 cm³/mol. The summed E-state index contributed by atoms with van der Waals surface area (Å²) >= 11 is 10.6. The molecule has 2 heterocycles. The van der Waals surface area contributed by atoms with Gasteiger partial charge in [0.1, 0.15) is 5.75 Å². The van der Waals surface area contributed by atoms with Gasteiger partial charge in [-0.2, -0.15) is 0 Å². The molecule has 9 heteroatoms. The molecule has 0 aliphatic heterocycles. The number of thioether (sulfide) groups is 1. The number of hydrogen-bond acceptors (Lipinski definition) is 7. The molecule has 0 aliphatic carbocycles. The first-order chi connectivity index (χ1) is 12.1.